The van der Waals surface area contributed by atoms with Gasteiger partial charge in [-0.1, -0.05) is 6.07 Å². The zero-order valence-corrected chi connectivity index (χ0v) is 18.9. The number of amides is 3. The largest absolute Gasteiger partial charge is 0.368 e. The van der Waals surface area contributed by atoms with Crippen molar-refractivity contribution in [3.63, 3.8) is 0 Å². The lowest BCUT2D eigenvalue weighted by molar-refractivity contribution is -0.139. The van der Waals surface area contributed by atoms with Crippen LogP contribution in [0.5, 0.6) is 0 Å². The van der Waals surface area contributed by atoms with Crippen molar-refractivity contribution in [3.05, 3.63) is 23.8 Å². The number of piperazine rings is 1. The molecule has 0 aromatic heterocycles. The lowest BCUT2D eigenvalue weighted by Crippen LogP contribution is -2.58. The average Bonchev–Trinajstić information content (AvgIpc) is 3.53. The lowest BCUT2D eigenvalue weighted by Gasteiger charge is -2.36. The number of hydrogen-bond donors (Lipinski definition) is 2. The Morgan fingerprint density at radius 2 is 1.81 bits per heavy atom. The fraction of sp³-hybridized carbons (Fsp3) is 0.571. The molecule has 3 aliphatic rings. The molecule has 0 spiro atoms. The minimum atomic E-state index is -4.25. The summed E-state index contributed by atoms with van der Waals surface area (Å²) in [6.45, 7) is 4.36. The van der Waals surface area contributed by atoms with Crippen molar-refractivity contribution in [1.29, 1.82) is 0 Å². The molecule has 3 N–H and O–H groups in total. The number of rotatable bonds is 7. The standard InChI is InChI=1S/C21H29N5O5S/c1-14-16(26-9-3-6-18(26)27)4-2-5-17(14)32(30,31)23-19(20(22)28)21(29)25-12-10-24(11-13-25)15-7-8-15/h2,4-5,15,19,23H,3,6-13H2,1H3,(H2,22,28)/t19-/m0/s1. The summed E-state index contributed by atoms with van der Waals surface area (Å²) in [5.41, 5.74) is 6.31. The van der Waals surface area contributed by atoms with Crippen LogP contribution in [0.3, 0.4) is 0 Å². The van der Waals surface area contributed by atoms with Gasteiger partial charge in [-0.25, -0.2) is 8.42 Å². The Morgan fingerprint density at radius 3 is 2.38 bits per heavy atom. The molecule has 2 aliphatic heterocycles. The molecule has 1 saturated carbocycles. The normalized spacial score (nSPS) is 21.1. The van der Waals surface area contributed by atoms with E-state index in [0.29, 0.717) is 62.9 Å². The van der Waals surface area contributed by atoms with Crippen molar-refractivity contribution in [2.75, 3.05) is 37.6 Å². The third-order valence-corrected chi connectivity index (χ3v) is 7.97. The van der Waals surface area contributed by atoms with Gasteiger partial charge in [-0.3, -0.25) is 19.3 Å². The maximum Gasteiger partial charge on any atom is 0.250 e. The minimum absolute atomic E-state index is 0.0638. The summed E-state index contributed by atoms with van der Waals surface area (Å²) in [5, 5.41) is 0. The van der Waals surface area contributed by atoms with Gasteiger partial charge in [-0.05, 0) is 43.9 Å². The molecule has 4 rings (SSSR count). The van der Waals surface area contributed by atoms with Crippen molar-refractivity contribution in [1.82, 2.24) is 14.5 Å². The Kier molecular flexibility index (Phi) is 6.24. The minimum Gasteiger partial charge on any atom is -0.368 e. The van der Waals surface area contributed by atoms with Gasteiger partial charge in [0.1, 0.15) is 0 Å². The predicted molar refractivity (Wildman–Crippen MR) is 117 cm³/mol. The van der Waals surface area contributed by atoms with Crippen LogP contribution in [0.25, 0.3) is 0 Å². The summed E-state index contributed by atoms with van der Waals surface area (Å²) in [6, 6.07) is 3.51. The van der Waals surface area contributed by atoms with Crippen molar-refractivity contribution >= 4 is 33.4 Å². The van der Waals surface area contributed by atoms with Gasteiger partial charge in [0, 0.05) is 50.9 Å². The van der Waals surface area contributed by atoms with E-state index in [4.69, 9.17) is 5.73 Å². The number of primary amides is 1. The zero-order valence-electron chi connectivity index (χ0n) is 18.1. The molecule has 174 valence electrons. The van der Waals surface area contributed by atoms with E-state index in [1.54, 1.807) is 24.0 Å². The number of hydrogen-bond acceptors (Lipinski definition) is 6. The Labute approximate surface area is 187 Å². The molecule has 3 amide bonds. The van der Waals surface area contributed by atoms with Gasteiger partial charge in [0.25, 0.3) is 5.91 Å². The summed E-state index contributed by atoms with van der Waals surface area (Å²) >= 11 is 0. The van der Waals surface area contributed by atoms with Gasteiger partial charge in [-0.15, -0.1) is 0 Å². The molecule has 10 nitrogen and oxygen atoms in total. The fourth-order valence-electron chi connectivity index (χ4n) is 4.47. The second-order valence-corrected chi connectivity index (χ2v) is 10.3. The van der Waals surface area contributed by atoms with E-state index in [9.17, 15) is 22.8 Å². The number of nitrogens with zero attached hydrogens (tertiary/aromatic N) is 3. The molecule has 1 aromatic rings. The molecule has 11 heteroatoms. The number of sulfonamides is 1. The molecule has 1 aromatic carbocycles. The summed E-state index contributed by atoms with van der Waals surface area (Å²) in [4.78, 5) is 42.4. The van der Waals surface area contributed by atoms with Crippen LogP contribution in [0, 0.1) is 6.92 Å². The Morgan fingerprint density at radius 1 is 1.12 bits per heavy atom. The van der Waals surface area contributed by atoms with Crippen LogP contribution >= 0.6 is 0 Å². The second-order valence-electron chi connectivity index (χ2n) is 8.60. The Balaban J connectivity index is 1.52. The number of nitrogens with two attached hydrogens (primary N) is 1. The SMILES string of the molecule is Cc1c(N2CCCC2=O)cccc1S(=O)(=O)N[C@@H](C(N)=O)C(=O)N1CCN(C2CC2)CC1. The highest BCUT2D eigenvalue weighted by molar-refractivity contribution is 7.89. The highest BCUT2D eigenvalue weighted by atomic mass is 32.2. The second kappa shape index (κ2) is 8.80. The van der Waals surface area contributed by atoms with Crippen LogP contribution in [-0.2, 0) is 24.4 Å². The van der Waals surface area contributed by atoms with Gasteiger partial charge in [0.2, 0.25) is 21.8 Å². The monoisotopic (exact) mass is 463 g/mol. The summed E-state index contributed by atoms with van der Waals surface area (Å²) in [7, 11) is -4.25. The van der Waals surface area contributed by atoms with Gasteiger partial charge in [0.05, 0.1) is 4.90 Å². The number of nitrogens with one attached hydrogen (secondary N) is 1. The maximum absolute atomic E-state index is 13.2. The van der Waals surface area contributed by atoms with E-state index in [1.165, 1.54) is 23.8 Å². The number of benzene rings is 1. The van der Waals surface area contributed by atoms with E-state index in [0.717, 1.165) is 0 Å². The molecule has 1 atom stereocenters. The smallest absolute Gasteiger partial charge is 0.250 e. The number of anilines is 1. The lowest BCUT2D eigenvalue weighted by atomic mass is 10.2. The van der Waals surface area contributed by atoms with Gasteiger partial charge < -0.3 is 15.5 Å². The molecule has 0 bridgehead atoms. The highest BCUT2D eigenvalue weighted by Gasteiger charge is 2.38. The van der Waals surface area contributed by atoms with Crippen LogP contribution in [0.4, 0.5) is 5.69 Å². The van der Waals surface area contributed by atoms with E-state index in [1.807, 2.05) is 0 Å². The summed E-state index contributed by atoms with van der Waals surface area (Å²) < 4.78 is 28.5. The zero-order chi connectivity index (χ0) is 23.0. The van der Waals surface area contributed by atoms with Crippen molar-refractivity contribution in [3.8, 4) is 0 Å². The molecule has 2 saturated heterocycles. The predicted octanol–water partition coefficient (Wildman–Crippen LogP) is -0.439. The molecule has 3 fully saturated rings. The quantitative estimate of drug-likeness (QED) is 0.527. The number of carbonyl (C=O) groups excluding carboxylic acids is 3. The Hall–Kier alpha value is -2.50. The first-order valence-electron chi connectivity index (χ1n) is 10.9. The number of carbonyl (C=O) groups is 3. The summed E-state index contributed by atoms with van der Waals surface area (Å²) in [5.74, 6) is -1.75. The molecule has 32 heavy (non-hydrogen) atoms. The highest BCUT2D eigenvalue weighted by Crippen LogP contribution is 2.30. The van der Waals surface area contributed by atoms with E-state index in [2.05, 4.69) is 9.62 Å². The van der Waals surface area contributed by atoms with Crippen LogP contribution in [0.2, 0.25) is 0 Å². The average molecular weight is 464 g/mol. The van der Waals surface area contributed by atoms with Crippen LogP contribution in [0.1, 0.15) is 31.2 Å². The molecular weight excluding hydrogens is 434 g/mol. The molecule has 1 aliphatic carbocycles. The van der Waals surface area contributed by atoms with Gasteiger partial charge >= 0.3 is 0 Å². The van der Waals surface area contributed by atoms with Gasteiger partial charge in [0.15, 0.2) is 6.04 Å². The fourth-order valence-corrected chi connectivity index (χ4v) is 5.89. The van der Waals surface area contributed by atoms with E-state index < -0.39 is 27.9 Å². The first-order valence-corrected chi connectivity index (χ1v) is 12.4. The first-order chi connectivity index (χ1) is 15.2. The van der Waals surface area contributed by atoms with Crippen molar-refractivity contribution in [2.24, 2.45) is 5.73 Å². The van der Waals surface area contributed by atoms with Crippen LogP contribution in [0.15, 0.2) is 23.1 Å². The van der Waals surface area contributed by atoms with Crippen molar-refractivity contribution < 1.29 is 22.8 Å². The van der Waals surface area contributed by atoms with Crippen LogP contribution < -0.4 is 15.4 Å². The molecule has 0 unspecified atom stereocenters. The third kappa shape index (κ3) is 4.50. The van der Waals surface area contributed by atoms with Crippen LogP contribution in [-0.4, -0.2) is 80.7 Å². The Bertz CT molecular complexity index is 1030. The molecule has 0 radical (unpaired) electrons. The first kappa shape index (κ1) is 22.7. The van der Waals surface area contributed by atoms with Gasteiger partial charge in [-0.2, -0.15) is 4.72 Å². The van der Waals surface area contributed by atoms with E-state index >= 15 is 0 Å². The molecular formula is C21H29N5O5S. The summed E-state index contributed by atoms with van der Waals surface area (Å²) in [6.07, 6.45) is 3.46. The maximum atomic E-state index is 13.2. The third-order valence-electron chi connectivity index (χ3n) is 6.40. The van der Waals surface area contributed by atoms with E-state index in [-0.39, 0.29) is 10.8 Å². The topological polar surface area (TPSA) is 133 Å². The molecule has 2 heterocycles. The van der Waals surface area contributed by atoms with Crippen molar-refractivity contribution in [2.45, 2.75) is 49.6 Å².